The van der Waals surface area contributed by atoms with E-state index in [4.69, 9.17) is 27.9 Å². The monoisotopic (exact) mass is 455 g/mol. The molecule has 3 aromatic rings. The van der Waals surface area contributed by atoms with Gasteiger partial charge in [-0.05, 0) is 55.0 Å². The number of ether oxygens (including phenoxy) is 1. The van der Waals surface area contributed by atoms with Gasteiger partial charge in [0, 0.05) is 35.6 Å². The molecule has 8 heteroatoms. The second-order valence-corrected chi connectivity index (χ2v) is 7.99. The number of rotatable bonds is 4. The number of carbonyl (C=O) groups is 2. The number of nitrogens with one attached hydrogen (secondary N) is 1. The first-order chi connectivity index (χ1) is 14.9. The van der Waals surface area contributed by atoms with E-state index in [0.717, 1.165) is 11.1 Å². The highest BCUT2D eigenvalue weighted by Gasteiger charge is 2.28. The van der Waals surface area contributed by atoms with Crippen molar-refractivity contribution in [2.75, 3.05) is 5.32 Å². The fourth-order valence-corrected chi connectivity index (χ4v) is 3.71. The van der Waals surface area contributed by atoms with Gasteiger partial charge in [-0.15, -0.1) is 0 Å². The highest BCUT2D eigenvalue weighted by molar-refractivity contribution is 6.33. The summed E-state index contributed by atoms with van der Waals surface area (Å²) in [6, 6.07) is 15.9. The highest BCUT2D eigenvalue weighted by Crippen LogP contribution is 2.30. The molecule has 2 amide bonds. The molecule has 31 heavy (non-hydrogen) atoms. The minimum absolute atomic E-state index is 0.112. The summed E-state index contributed by atoms with van der Waals surface area (Å²) in [6.45, 7) is 2.50. The Bertz CT molecular complexity index is 1140. The summed E-state index contributed by atoms with van der Waals surface area (Å²) >= 11 is 12.0. The van der Waals surface area contributed by atoms with E-state index in [0.29, 0.717) is 29.5 Å². The van der Waals surface area contributed by atoms with Gasteiger partial charge < -0.3 is 15.0 Å². The summed E-state index contributed by atoms with van der Waals surface area (Å²) in [5, 5.41) is 3.60. The van der Waals surface area contributed by atoms with E-state index in [1.807, 2.05) is 12.1 Å². The van der Waals surface area contributed by atoms with Gasteiger partial charge in [-0.3, -0.25) is 9.59 Å². The summed E-state index contributed by atoms with van der Waals surface area (Å²) < 4.78 is 5.86. The summed E-state index contributed by atoms with van der Waals surface area (Å²) in [7, 11) is 0. The maximum absolute atomic E-state index is 12.9. The molecule has 0 radical (unpaired) electrons. The van der Waals surface area contributed by atoms with Crippen molar-refractivity contribution >= 4 is 40.7 Å². The zero-order chi connectivity index (χ0) is 22.0. The molecule has 6 nitrogen and oxygen atoms in total. The minimum atomic E-state index is -0.622. The molecule has 0 spiro atoms. The lowest BCUT2D eigenvalue weighted by atomic mass is 10.1. The second-order valence-electron chi connectivity index (χ2n) is 7.20. The average molecular weight is 456 g/mol. The maximum atomic E-state index is 12.9. The number of fused-ring (bicyclic) bond motifs is 1. The number of nitrogens with zero attached hydrogens (tertiary/aromatic N) is 2. The van der Waals surface area contributed by atoms with Gasteiger partial charge in [0.05, 0.1) is 5.56 Å². The van der Waals surface area contributed by atoms with E-state index < -0.39 is 6.10 Å². The van der Waals surface area contributed by atoms with Crippen molar-refractivity contribution in [3.8, 4) is 5.75 Å². The third-order valence-electron chi connectivity index (χ3n) is 4.93. The Morgan fingerprint density at radius 2 is 1.97 bits per heavy atom. The van der Waals surface area contributed by atoms with Crippen LogP contribution in [0.4, 0.5) is 5.69 Å². The Balaban J connectivity index is 1.57. The Hall–Kier alpha value is -3.09. The molecule has 0 saturated heterocycles. The van der Waals surface area contributed by atoms with Gasteiger partial charge in [0.1, 0.15) is 10.9 Å². The fourth-order valence-electron chi connectivity index (χ4n) is 3.38. The average Bonchev–Trinajstić information content (AvgIpc) is 2.86. The molecule has 0 saturated carbocycles. The molecule has 0 aliphatic carbocycles. The number of halogens is 2. The Labute approximate surface area is 189 Å². The highest BCUT2D eigenvalue weighted by atomic mass is 35.5. The maximum Gasteiger partial charge on any atom is 0.263 e. The van der Waals surface area contributed by atoms with Gasteiger partial charge in [-0.2, -0.15) is 0 Å². The third-order valence-corrected chi connectivity index (χ3v) is 5.49. The molecule has 2 heterocycles. The van der Waals surface area contributed by atoms with Crippen LogP contribution >= 0.6 is 23.2 Å². The van der Waals surface area contributed by atoms with Gasteiger partial charge in [0.25, 0.3) is 11.8 Å². The lowest BCUT2D eigenvalue weighted by molar-refractivity contribution is -0.138. The van der Waals surface area contributed by atoms with Crippen molar-refractivity contribution in [1.82, 2.24) is 9.88 Å². The van der Waals surface area contributed by atoms with Crippen LogP contribution < -0.4 is 10.1 Å². The molecule has 2 aromatic carbocycles. The molecular weight excluding hydrogens is 437 g/mol. The van der Waals surface area contributed by atoms with Crippen LogP contribution in [0, 0.1) is 0 Å². The Morgan fingerprint density at radius 1 is 1.19 bits per heavy atom. The largest absolute Gasteiger partial charge is 0.481 e. The van der Waals surface area contributed by atoms with Crippen LogP contribution in [0.1, 0.15) is 28.4 Å². The van der Waals surface area contributed by atoms with Crippen LogP contribution in [0.25, 0.3) is 0 Å². The third kappa shape index (κ3) is 4.81. The zero-order valence-corrected chi connectivity index (χ0v) is 18.2. The van der Waals surface area contributed by atoms with Crippen LogP contribution in [0.15, 0.2) is 60.8 Å². The quantitative estimate of drug-likeness (QED) is 0.564. The number of hydrogen-bond acceptors (Lipinski definition) is 4. The zero-order valence-electron chi connectivity index (χ0n) is 16.6. The molecule has 158 valence electrons. The number of amides is 2. The first-order valence-electron chi connectivity index (χ1n) is 9.65. The van der Waals surface area contributed by atoms with E-state index in [-0.39, 0.29) is 22.5 Å². The van der Waals surface area contributed by atoms with Crippen molar-refractivity contribution in [2.45, 2.75) is 26.1 Å². The Kier molecular flexibility index (Phi) is 6.11. The van der Waals surface area contributed by atoms with Crippen molar-refractivity contribution in [1.29, 1.82) is 0 Å². The van der Waals surface area contributed by atoms with E-state index in [1.54, 1.807) is 54.3 Å². The van der Waals surface area contributed by atoms with Crippen molar-refractivity contribution in [3.63, 3.8) is 0 Å². The minimum Gasteiger partial charge on any atom is -0.481 e. The van der Waals surface area contributed by atoms with E-state index in [2.05, 4.69) is 10.3 Å². The molecule has 1 aliphatic heterocycles. The molecule has 1 aliphatic rings. The summed E-state index contributed by atoms with van der Waals surface area (Å²) in [5.41, 5.74) is 2.61. The number of hydrogen-bond donors (Lipinski definition) is 1. The van der Waals surface area contributed by atoms with E-state index >= 15 is 0 Å². The Morgan fingerprint density at radius 3 is 2.71 bits per heavy atom. The lowest BCUT2D eigenvalue weighted by Crippen LogP contribution is -2.37. The molecule has 1 N–H and O–H groups in total. The molecule has 1 atom stereocenters. The normalized spacial score (nSPS) is 15.6. The van der Waals surface area contributed by atoms with Crippen LogP contribution in [-0.4, -0.2) is 27.8 Å². The van der Waals surface area contributed by atoms with Crippen LogP contribution in [0.2, 0.25) is 10.2 Å². The fraction of sp³-hybridized carbons (Fsp3) is 0.174. The predicted octanol–water partition coefficient (Wildman–Crippen LogP) is 4.95. The number of aromatic nitrogens is 1. The second kappa shape index (κ2) is 8.96. The van der Waals surface area contributed by atoms with Crippen LogP contribution in [0.3, 0.4) is 0 Å². The van der Waals surface area contributed by atoms with Crippen LogP contribution in [0.5, 0.6) is 5.75 Å². The van der Waals surface area contributed by atoms with E-state index in [9.17, 15) is 9.59 Å². The van der Waals surface area contributed by atoms with Gasteiger partial charge >= 0.3 is 0 Å². The van der Waals surface area contributed by atoms with Crippen LogP contribution in [-0.2, 0) is 17.9 Å². The number of carbonyl (C=O) groups excluding carboxylic acids is 2. The van der Waals surface area contributed by atoms with Gasteiger partial charge in [0.2, 0.25) is 0 Å². The molecular formula is C23H19Cl2N3O3. The summed E-state index contributed by atoms with van der Waals surface area (Å²) in [6.07, 6.45) is 0.898. The molecule has 0 bridgehead atoms. The van der Waals surface area contributed by atoms with Crippen molar-refractivity contribution in [2.24, 2.45) is 0 Å². The number of benzene rings is 2. The summed E-state index contributed by atoms with van der Waals surface area (Å²) in [4.78, 5) is 31.1. The topological polar surface area (TPSA) is 71.5 Å². The number of pyridine rings is 1. The van der Waals surface area contributed by atoms with Gasteiger partial charge in [-0.1, -0.05) is 35.3 Å². The molecule has 0 unspecified atom stereocenters. The molecule has 0 fully saturated rings. The first-order valence-corrected chi connectivity index (χ1v) is 10.4. The molecule has 1 aromatic heterocycles. The predicted molar refractivity (Wildman–Crippen MR) is 119 cm³/mol. The summed E-state index contributed by atoms with van der Waals surface area (Å²) in [5.74, 6) is 0.130. The smallest absolute Gasteiger partial charge is 0.263 e. The SMILES string of the molecule is C[C@H]1Oc2ccc(NC(=O)c3cccnc3Cl)cc2CN(Cc2ccc(Cl)cc2)C1=O. The first kappa shape index (κ1) is 21.2. The van der Waals surface area contributed by atoms with Gasteiger partial charge in [-0.25, -0.2) is 4.98 Å². The van der Waals surface area contributed by atoms with Crippen molar-refractivity contribution < 1.29 is 14.3 Å². The van der Waals surface area contributed by atoms with Crippen molar-refractivity contribution in [3.05, 3.63) is 87.7 Å². The number of anilines is 1. The lowest BCUT2D eigenvalue weighted by Gasteiger charge is -2.22. The van der Waals surface area contributed by atoms with E-state index in [1.165, 1.54) is 6.20 Å². The standard InChI is InChI=1S/C23H19Cl2N3O3/c1-14-23(30)28(12-15-4-6-17(24)7-5-15)13-16-11-18(8-9-20(16)31-14)27-22(29)19-3-2-10-26-21(19)25/h2-11,14H,12-13H2,1H3,(H,27,29)/t14-/m1/s1. The van der Waals surface area contributed by atoms with Gasteiger partial charge in [0.15, 0.2) is 6.10 Å². The molecule has 4 rings (SSSR count).